The lowest BCUT2D eigenvalue weighted by Gasteiger charge is -2.37. The minimum Gasteiger partial charge on any atom is -0.390 e. The summed E-state index contributed by atoms with van der Waals surface area (Å²) in [5, 5.41) is 9.88. The van der Waals surface area contributed by atoms with Gasteiger partial charge in [-0.15, -0.1) is 0 Å². The van der Waals surface area contributed by atoms with Gasteiger partial charge in [-0.3, -0.25) is 0 Å². The standard InChI is InChI=1S/C14H31NO/c1-12(2,3)10-15(8)11-13(4,5)9-14(6,7)16/h16H,9-11H2,1-8H3. The molecule has 0 aliphatic rings. The fourth-order valence-electron chi connectivity index (χ4n) is 2.82. The van der Waals surface area contributed by atoms with Crippen molar-refractivity contribution in [2.75, 3.05) is 20.1 Å². The Hall–Kier alpha value is -0.0800. The molecule has 0 aliphatic heterocycles. The maximum atomic E-state index is 9.88. The van der Waals surface area contributed by atoms with Crippen LogP contribution in [0.5, 0.6) is 0 Å². The van der Waals surface area contributed by atoms with E-state index in [-0.39, 0.29) is 5.41 Å². The summed E-state index contributed by atoms with van der Waals surface area (Å²) in [4.78, 5) is 2.37. The highest BCUT2D eigenvalue weighted by Crippen LogP contribution is 2.29. The van der Waals surface area contributed by atoms with Gasteiger partial charge in [0.1, 0.15) is 0 Å². The zero-order valence-corrected chi connectivity index (χ0v) is 12.5. The predicted molar refractivity (Wildman–Crippen MR) is 71.6 cm³/mol. The van der Waals surface area contributed by atoms with E-state index in [1.54, 1.807) is 0 Å². The normalized spacial score (nSPS) is 14.6. The minimum atomic E-state index is -0.577. The van der Waals surface area contributed by atoms with Gasteiger partial charge in [-0.2, -0.15) is 0 Å². The molecular formula is C14H31NO. The summed E-state index contributed by atoms with van der Waals surface area (Å²) in [5.41, 5.74) is -0.0934. The Morgan fingerprint density at radius 2 is 1.31 bits per heavy atom. The first-order valence-electron chi connectivity index (χ1n) is 6.22. The molecule has 2 heteroatoms. The second-order valence-electron chi connectivity index (χ2n) is 7.89. The van der Waals surface area contributed by atoms with Crippen LogP contribution in [0.15, 0.2) is 0 Å². The Morgan fingerprint density at radius 1 is 0.875 bits per heavy atom. The van der Waals surface area contributed by atoms with E-state index in [0.29, 0.717) is 5.41 Å². The highest BCUT2D eigenvalue weighted by Gasteiger charge is 2.28. The maximum Gasteiger partial charge on any atom is 0.0597 e. The summed E-state index contributed by atoms with van der Waals surface area (Å²) >= 11 is 0. The molecule has 0 atom stereocenters. The smallest absolute Gasteiger partial charge is 0.0597 e. The van der Waals surface area contributed by atoms with Crippen LogP contribution in [-0.2, 0) is 0 Å². The summed E-state index contributed by atoms with van der Waals surface area (Å²) in [6, 6.07) is 0. The van der Waals surface area contributed by atoms with Crippen molar-refractivity contribution in [3.63, 3.8) is 0 Å². The van der Waals surface area contributed by atoms with Crippen LogP contribution < -0.4 is 0 Å². The van der Waals surface area contributed by atoms with Crippen molar-refractivity contribution in [1.29, 1.82) is 0 Å². The summed E-state index contributed by atoms with van der Waals surface area (Å²) in [6.07, 6.45) is 0.828. The van der Waals surface area contributed by atoms with Gasteiger partial charge in [0, 0.05) is 13.1 Å². The quantitative estimate of drug-likeness (QED) is 0.783. The molecule has 16 heavy (non-hydrogen) atoms. The van der Waals surface area contributed by atoms with Crippen molar-refractivity contribution in [3.05, 3.63) is 0 Å². The molecule has 1 N–H and O–H groups in total. The van der Waals surface area contributed by atoms with Gasteiger partial charge in [0.15, 0.2) is 0 Å². The van der Waals surface area contributed by atoms with Crippen molar-refractivity contribution in [2.24, 2.45) is 10.8 Å². The monoisotopic (exact) mass is 229 g/mol. The Morgan fingerprint density at radius 3 is 1.62 bits per heavy atom. The van der Waals surface area contributed by atoms with Gasteiger partial charge in [-0.1, -0.05) is 34.6 Å². The van der Waals surface area contributed by atoms with E-state index in [2.05, 4.69) is 46.6 Å². The van der Waals surface area contributed by atoms with E-state index in [1.165, 1.54) is 0 Å². The Bertz CT molecular complexity index is 208. The molecular weight excluding hydrogens is 198 g/mol. The van der Waals surface area contributed by atoms with Crippen molar-refractivity contribution in [2.45, 2.75) is 60.5 Å². The minimum absolute atomic E-state index is 0.151. The fraction of sp³-hybridized carbons (Fsp3) is 1.00. The lowest BCUT2D eigenvalue weighted by atomic mass is 9.81. The Labute approximate surface area is 102 Å². The topological polar surface area (TPSA) is 23.5 Å². The third kappa shape index (κ3) is 9.17. The maximum absolute atomic E-state index is 9.88. The Balaban J connectivity index is 4.26. The van der Waals surface area contributed by atoms with Crippen LogP contribution in [0, 0.1) is 10.8 Å². The zero-order valence-electron chi connectivity index (χ0n) is 12.5. The van der Waals surface area contributed by atoms with Crippen LogP contribution in [0.2, 0.25) is 0 Å². The van der Waals surface area contributed by atoms with E-state index in [0.717, 1.165) is 19.5 Å². The molecule has 0 saturated heterocycles. The molecule has 0 aromatic heterocycles. The highest BCUT2D eigenvalue weighted by atomic mass is 16.3. The average Bonchev–Trinajstić information content (AvgIpc) is 1.70. The van der Waals surface area contributed by atoms with Gasteiger partial charge in [0.2, 0.25) is 0 Å². The van der Waals surface area contributed by atoms with Crippen molar-refractivity contribution < 1.29 is 5.11 Å². The van der Waals surface area contributed by atoms with E-state index >= 15 is 0 Å². The molecule has 0 unspecified atom stereocenters. The largest absolute Gasteiger partial charge is 0.390 e. The number of aliphatic hydroxyl groups is 1. The third-order valence-corrected chi connectivity index (χ3v) is 2.35. The SMILES string of the molecule is CN(CC(C)(C)C)CC(C)(C)CC(C)(C)O. The van der Waals surface area contributed by atoms with Crippen molar-refractivity contribution in [1.82, 2.24) is 4.90 Å². The van der Waals surface area contributed by atoms with Gasteiger partial charge in [0.25, 0.3) is 0 Å². The summed E-state index contributed by atoms with van der Waals surface area (Å²) in [6.45, 7) is 17.1. The van der Waals surface area contributed by atoms with Crippen molar-refractivity contribution in [3.8, 4) is 0 Å². The summed E-state index contributed by atoms with van der Waals surface area (Å²) in [5.74, 6) is 0. The zero-order chi connectivity index (χ0) is 13.2. The van der Waals surface area contributed by atoms with Crippen molar-refractivity contribution >= 4 is 0 Å². The van der Waals surface area contributed by atoms with Gasteiger partial charge in [-0.25, -0.2) is 0 Å². The van der Waals surface area contributed by atoms with Crippen LogP contribution in [0.4, 0.5) is 0 Å². The van der Waals surface area contributed by atoms with Gasteiger partial charge in [0.05, 0.1) is 5.60 Å². The van der Waals surface area contributed by atoms with Gasteiger partial charge in [-0.05, 0) is 38.1 Å². The fourth-order valence-corrected chi connectivity index (χ4v) is 2.82. The first kappa shape index (κ1) is 15.9. The van der Waals surface area contributed by atoms with Crippen LogP contribution in [0.1, 0.15) is 54.9 Å². The molecule has 2 nitrogen and oxygen atoms in total. The molecule has 0 heterocycles. The molecule has 0 rings (SSSR count). The molecule has 0 bridgehead atoms. The van der Waals surface area contributed by atoms with E-state index in [4.69, 9.17) is 0 Å². The highest BCUT2D eigenvalue weighted by molar-refractivity contribution is 4.81. The number of nitrogens with zero attached hydrogens (tertiary/aromatic N) is 1. The molecule has 0 radical (unpaired) electrons. The average molecular weight is 229 g/mol. The summed E-state index contributed by atoms with van der Waals surface area (Å²) < 4.78 is 0. The van der Waals surface area contributed by atoms with Crippen LogP contribution in [-0.4, -0.2) is 35.7 Å². The molecule has 0 spiro atoms. The second kappa shape index (κ2) is 5.05. The number of hydrogen-bond donors (Lipinski definition) is 1. The molecule has 98 valence electrons. The first-order valence-corrected chi connectivity index (χ1v) is 6.22. The molecule has 0 aliphatic carbocycles. The molecule has 0 fully saturated rings. The lowest BCUT2D eigenvalue weighted by Crippen LogP contribution is -2.40. The van der Waals surface area contributed by atoms with Gasteiger partial charge < -0.3 is 10.0 Å². The van der Waals surface area contributed by atoms with Crippen LogP contribution in [0.3, 0.4) is 0 Å². The Kier molecular flexibility index (Phi) is 5.03. The van der Waals surface area contributed by atoms with Crippen LogP contribution >= 0.6 is 0 Å². The van der Waals surface area contributed by atoms with E-state index < -0.39 is 5.60 Å². The molecule has 0 amide bonds. The summed E-state index contributed by atoms with van der Waals surface area (Å²) in [7, 11) is 2.16. The predicted octanol–water partition coefficient (Wildman–Crippen LogP) is 3.15. The molecule has 0 saturated carbocycles. The second-order valence-corrected chi connectivity index (χ2v) is 7.89. The van der Waals surface area contributed by atoms with E-state index in [1.807, 2.05) is 13.8 Å². The number of hydrogen-bond acceptors (Lipinski definition) is 2. The lowest BCUT2D eigenvalue weighted by molar-refractivity contribution is 0.0192. The number of rotatable bonds is 5. The molecule has 0 aromatic carbocycles. The van der Waals surface area contributed by atoms with Gasteiger partial charge >= 0.3 is 0 Å². The van der Waals surface area contributed by atoms with Crippen LogP contribution in [0.25, 0.3) is 0 Å². The third-order valence-electron chi connectivity index (χ3n) is 2.35. The molecule has 0 aromatic rings. The van der Waals surface area contributed by atoms with E-state index in [9.17, 15) is 5.11 Å². The first-order chi connectivity index (χ1) is 6.81.